The molecule has 0 aliphatic carbocycles. The zero-order valence-electron chi connectivity index (χ0n) is 9.82. The Morgan fingerprint density at radius 2 is 2.22 bits per heavy atom. The summed E-state index contributed by atoms with van der Waals surface area (Å²) in [5, 5.41) is 0. The molecular weight excluding hydrogens is 228 g/mol. The first-order valence-corrected chi connectivity index (χ1v) is 5.58. The van der Waals surface area contributed by atoms with Crippen LogP contribution in [0.1, 0.15) is 16.1 Å². The van der Waals surface area contributed by atoms with E-state index < -0.39 is 5.91 Å². The number of aromatic nitrogens is 3. The normalized spacial score (nSPS) is 10.9. The quantitative estimate of drug-likeness (QED) is 0.639. The smallest absolute Gasteiger partial charge is 0.250 e. The number of hydrogen-bond donors (Lipinski definition) is 3. The van der Waals surface area contributed by atoms with Crippen LogP contribution >= 0.6 is 0 Å². The molecule has 0 bridgehead atoms. The Hall–Kier alpha value is -2.56. The molecular formula is C13H12N4O. The number of hydrogen-bond acceptors (Lipinski definition) is 2. The third-order valence-electron chi connectivity index (χ3n) is 3.02. The van der Waals surface area contributed by atoms with Crippen molar-refractivity contribution < 1.29 is 4.79 Å². The Morgan fingerprint density at radius 1 is 1.39 bits per heavy atom. The van der Waals surface area contributed by atoms with Gasteiger partial charge in [0.25, 0.3) is 5.91 Å². The molecule has 1 amide bonds. The lowest BCUT2D eigenvalue weighted by Crippen LogP contribution is -2.10. The fourth-order valence-corrected chi connectivity index (χ4v) is 2.14. The van der Waals surface area contributed by atoms with Crippen LogP contribution in [0.2, 0.25) is 0 Å². The summed E-state index contributed by atoms with van der Waals surface area (Å²) in [6.45, 7) is 1.83. The monoisotopic (exact) mass is 240 g/mol. The van der Waals surface area contributed by atoms with Crippen LogP contribution in [0.3, 0.4) is 0 Å². The number of nitrogens with one attached hydrogen (secondary N) is 2. The highest BCUT2D eigenvalue weighted by molar-refractivity contribution is 5.97. The molecule has 0 aliphatic rings. The van der Waals surface area contributed by atoms with Crippen molar-refractivity contribution in [2.24, 2.45) is 5.73 Å². The largest absolute Gasteiger partial charge is 0.366 e. The van der Waals surface area contributed by atoms with Crippen molar-refractivity contribution >= 4 is 16.9 Å². The second-order valence-corrected chi connectivity index (χ2v) is 4.19. The van der Waals surface area contributed by atoms with Crippen molar-refractivity contribution in [3.63, 3.8) is 0 Å². The third kappa shape index (κ3) is 1.48. The summed E-state index contributed by atoms with van der Waals surface area (Å²) in [7, 11) is 0. The molecule has 0 saturated carbocycles. The zero-order chi connectivity index (χ0) is 12.7. The Morgan fingerprint density at radius 3 is 2.94 bits per heavy atom. The fourth-order valence-electron chi connectivity index (χ4n) is 2.14. The van der Waals surface area contributed by atoms with Gasteiger partial charge in [-0.3, -0.25) is 4.79 Å². The lowest BCUT2D eigenvalue weighted by molar-refractivity contribution is 0.1000. The first kappa shape index (κ1) is 10.6. The molecule has 0 fully saturated rings. The molecule has 0 aliphatic heterocycles. The molecule has 5 nitrogen and oxygen atoms in total. The zero-order valence-corrected chi connectivity index (χ0v) is 9.82. The topological polar surface area (TPSA) is 87.6 Å². The molecule has 0 radical (unpaired) electrons. The molecule has 18 heavy (non-hydrogen) atoms. The van der Waals surface area contributed by atoms with E-state index in [1.807, 2.05) is 25.1 Å². The van der Waals surface area contributed by atoms with E-state index in [0.717, 1.165) is 28.0 Å². The van der Waals surface area contributed by atoms with Gasteiger partial charge in [-0.25, -0.2) is 4.98 Å². The molecule has 0 atom stereocenters. The van der Waals surface area contributed by atoms with E-state index in [0.29, 0.717) is 5.56 Å². The molecule has 1 aromatic carbocycles. The van der Waals surface area contributed by atoms with Gasteiger partial charge in [0.2, 0.25) is 0 Å². The maximum atomic E-state index is 11.3. The van der Waals surface area contributed by atoms with Gasteiger partial charge in [-0.15, -0.1) is 0 Å². The van der Waals surface area contributed by atoms with E-state index in [1.54, 1.807) is 12.4 Å². The lowest BCUT2D eigenvalue weighted by atomic mass is 10.1. The van der Waals surface area contributed by atoms with Gasteiger partial charge in [-0.1, -0.05) is 12.1 Å². The Kier molecular flexibility index (Phi) is 2.19. The van der Waals surface area contributed by atoms with Gasteiger partial charge in [0, 0.05) is 17.0 Å². The van der Waals surface area contributed by atoms with Crippen LogP contribution in [-0.2, 0) is 0 Å². The van der Waals surface area contributed by atoms with Gasteiger partial charge in [0.05, 0.1) is 22.9 Å². The van der Waals surface area contributed by atoms with Crippen molar-refractivity contribution in [2.45, 2.75) is 6.92 Å². The molecule has 4 N–H and O–H groups in total. The van der Waals surface area contributed by atoms with Gasteiger partial charge in [0.1, 0.15) is 0 Å². The number of fused-ring (bicyclic) bond motifs is 1. The molecule has 0 unspecified atom stereocenters. The standard InChI is InChI=1S/C13H12N4O/c1-7-9(13(14)18)5-11(17-7)8-3-2-4-10-12(8)16-6-15-10/h2-6,17H,1H3,(H2,14,18)(H,15,16). The number of primary amides is 1. The number of imidazole rings is 1. The average molecular weight is 240 g/mol. The van der Waals surface area contributed by atoms with Crippen LogP contribution in [0.4, 0.5) is 0 Å². The van der Waals surface area contributed by atoms with Crippen LogP contribution in [-0.4, -0.2) is 20.9 Å². The fraction of sp³-hybridized carbons (Fsp3) is 0.0769. The summed E-state index contributed by atoms with van der Waals surface area (Å²) in [5.74, 6) is -0.427. The molecule has 2 aromatic heterocycles. The minimum atomic E-state index is -0.427. The third-order valence-corrected chi connectivity index (χ3v) is 3.02. The molecule has 90 valence electrons. The van der Waals surface area contributed by atoms with Crippen LogP contribution in [0.15, 0.2) is 30.6 Å². The van der Waals surface area contributed by atoms with E-state index >= 15 is 0 Å². The first-order chi connectivity index (χ1) is 8.66. The summed E-state index contributed by atoms with van der Waals surface area (Å²) < 4.78 is 0. The molecule has 3 rings (SSSR count). The van der Waals surface area contributed by atoms with E-state index in [-0.39, 0.29) is 0 Å². The number of para-hydroxylation sites is 1. The molecule has 0 spiro atoms. The minimum Gasteiger partial charge on any atom is -0.366 e. The second-order valence-electron chi connectivity index (χ2n) is 4.19. The van der Waals surface area contributed by atoms with Crippen molar-refractivity contribution in [2.75, 3.05) is 0 Å². The number of rotatable bonds is 2. The number of H-pyrrole nitrogens is 2. The number of amides is 1. The second kappa shape index (κ2) is 3.73. The molecule has 2 heterocycles. The number of nitrogens with zero attached hydrogens (tertiary/aromatic N) is 1. The van der Waals surface area contributed by atoms with Crippen LogP contribution in [0.5, 0.6) is 0 Å². The predicted octanol–water partition coefficient (Wildman–Crippen LogP) is 1.97. The Bertz CT molecular complexity index is 738. The van der Waals surface area contributed by atoms with Gasteiger partial charge < -0.3 is 15.7 Å². The van der Waals surface area contributed by atoms with E-state index in [2.05, 4.69) is 15.0 Å². The Labute approximate surface area is 103 Å². The van der Waals surface area contributed by atoms with Gasteiger partial charge in [-0.05, 0) is 19.1 Å². The summed E-state index contributed by atoms with van der Waals surface area (Å²) in [6, 6.07) is 7.62. The van der Waals surface area contributed by atoms with Crippen molar-refractivity contribution in [1.82, 2.24) is 15.0 Å². The van der Waals surface area contributed by atoms with Crippen LogP contribution < -0.4 is 5.73 Å². The van der Waals surface area contributed by atoms with Crippen LogP contribution in [0.25, 0.3) is 22.3 Å². The highest BCUT2D eigenvalue weighted by Crippen LogP contribution is 2.27. The lowest BCUT2D eigenvalue weighted by Gasteiger charge is -1.98. The van der Waals surface area contributed by atoms with Crippen molar-refractivity contribution in [3.8, 4) is 11.3 Å². The van der Waals surface area contributed by atoms with Crippen LogP contribution in [0, 0.1) is 6.92 Å². The van der Waals surface area contributed by atoms with Crippen molar-refractivity contribution in [3.05, 3.63) is 41.9 Å². The maximum absolute atomic E-state index is 11.3. The summed E-state index contributed by atoms with van der Waals surface area (Å²) >= 11 is 0. The SMILES string of the molecule is Cc1[nH]c(-c2cccc3[nH]cnc23)cc1C(N)=O. The molecule has 3 aromatic rings. The minimum absolute atomic E-state index is 0.427. The molecule has 0 saturated heterocycles. The number of carbonyl (C=O) groups is 1. The van der Waals surface area contributed by atoms with Crippen molar-refractivity contribution in [1.29, 1.82) is 0 Å². The maximum Gasteiger partial charge on any atom is 0.250 e. The van der Waals surface area contributed by atoms with E-state index in [4.69, 9.17) is 5.73 Å². The van der Waals surface area contributed by atoms with E-state index in [9.17, 15) is 4.79 Å². The number of nitrogens with two attached hydrogens (primary N) is 1. The average Bonchev–Trinajstić information content (AvgIpc) is 2.94. The summed E-state index contributed by atoms with van der Waals surface area (Å²) in [4.78, 5) is 21.8. The van der Waals surface area contributed by atoms with E-state index in [1.165, 1.54) is 0 Å². The number of aryl methyl sites for hydroxylation is 1. The van der Waals surface area contributed by atoms with Gasteiger partial charge in [-0.2, -0.15) is 0 Å². The Balaban J connectivity index is 2.23. The summed E-state index contributed by atoms with van der Waals surface area (Å²) in [6.07, 6.45) is 1.65. The predicted molar refractivity (Wildman–Crippen MR) is 69.1 cm³/mol. The number of benzene rings is 1. The summed E-state index contributed by atoms with van der Waals surface area (Å²) in [5.41, 5.74) is 10.2. The highest BCUT2D eigenvalue weighted by Gasteiger charge is 2.13. The molecule has 5 heteroatoms. The van der Waals surface area contributed by atoms with Gasteiger partial charge in [0.15, 0.2) is 0 Å². The number of carbonyl (C=O) groups excluding carboxylic acids is 1. The number of aromatic amines is 2. The highest BCUT2D eigenvalue weighted by atomic mass is 16.1. The first-order valence-electron chi connectivity index (χ1n) is 5.58. The van der Waals surface area contributed by atoms with Gasteiger partial charge >= 0.3 is 0 Å².